The Bertz CT molecular complexity index is 1080. The molecule has 7 nitrogen and oxygen atoms in total. The van der Waals surface area contributed by atoms with Gasteiger partial charge in [0.05, 0.1) is 16.5 Å². The SMILES string of the molecule is Cc1cc(C)c(NC(=O)CSc2nnc(COc3ccc(C(C)(C)C)cc3)n2N)c(Cl)c1. The van der Waals surface area contributed by atoms with Gasteiger partial charge < -0.3 is 15.9 Å². The highest BCUT2D eigenvalue weighted by molar-refractivity contribution is 7.99. The molecule has 32 heavy (non-hydrogen) atoms. The average Bonchev–Trinajstić information content (AvgIpc) is 3.06. The monoisotopic (exact) mass is 473 g/mol. The minimum atomic E-state index is -0.205. The van der Waals surface area contributed by atoms with Gasteiger partial charge in [-0.3, -0.25) is 4.79 Å². The second-order valence-electron chi connectivity index (χ2n) is 8.61. The molecule has 0 saturated carbocycles. The molecule has 0 saturated heterocycles. The highest BCUT2D eigenvalue weighted by Crippen LogP contribution is 2.28. The minimum absolute atomic E-state index is 0.0812. The first-order valence-corrected chi connectivity index (χ1v) is 11.5. The van der Waals surface area contributed by atoms with Crippen molar-refractivity contribution in [2.45, 2.75) is 51.8 Å². The summed E-state index contributed by atoms with van der Waals surface area (Å²) in [5.74, 6) is 7.19. The fraction of sp³-hybridized carbons (Fsp3) is 0.348. The number of thioether (sulfide) groups is 1. The Morgan fingerprint density at radius 2 is 1.88 bits per heavy atom. The third-order valence-corrected chi connectivity index (χ3v) is 6.09. The number of nitrogens with one attached hydrogen (secondary N) is 1. The van der Waals surface area contributed by atoms with E-state index < -0.39 is 0 Å². The fourth-order valence-electron chi connectivity index (χ4n) is 3.08. The smallest absolute Gasteiger partial charge is 0.234 e. The summed E-state index contributed by atoms with van der Waals surface area (Å²) in [6, 6.07) is 11.7. The van der Waals surface area contributed by atoms with E-state index in [1.54, 1.807) is 0 Å². The van der Waals surface area contributed by atoms with E-state index in [1.165, 1.54) is 22.0 Å². The molecule has 1 heterocycles. The molecule has 0 aliphatic carbocycles. The maximum atomic E-state index is 12.4. The number of nitrogens with zero attached hydrogens (tertiary/aromatic N) is 3. The average molecular weight is 474 g/mol. The molecule has 0 spiro atoms. The third kappa shape index (κ3) is 5.95. The number of benzene rings is 2. The van der Waals surface area contributed by atoms with Crippen LogP contribution in [0.5, 0.6) is 5.75 Å². The van der Waals surface area contributed by atoms with Crippen LogP contribution in [0.3, 0.4) is 0 Å². The Balaban J connectivity index is 1.55. The van der Waals surface area contributed by atoms with Crippen LogP contribution in [0.15, 0.2) is 41.6 Å². The van der Waals surface area contributed by atoms with Gasteiger partial charge in [0.1, 0.15) is 12.4 Å². The lowest BCUT2D eigenvalue weighted by Crippen LogP contribution is -2.18. The number of carbonyl (C=O) groups is 1. The predicted octanol–water partition coefficient (Wildman–Crippen LogP) is 4.87. The maximum Gasteiger partial charge on any atom is 0.234 e. The summed E-state index contributed by atoms with van der Waals surface area (Å²) in [5.41, 5.74) is 3.87. The van der Waals surface area contributed by atoms with E-state index in [-0.39, 0.29) is 23.7 Å². The molecule has 3 rings (SSSR count). The van der Waals surface area contributed by atoms with Crippen molar-refractivity contribution in [2.75, 3.05) is 16.9 Å². The number of rotatable bonds is 7. The zero-order valence-corrected chi connectivity index (χ0v) is 20.5. The first-order valence-electron chi connectivity index (χ1n) is 10.2. The summed E-state index contributed by atoms with van der Waals surface area (Å²) in [4.78, 5) is 12.4. The fourth-order valence-corrected chi connectivity index (χ4v) is 4.13. The first kappa shape index (κ1) is 23.9. The predicted molar refractivity (Wildman–Crippen MR) is 130 cm³/mol. The van der Waals surface area contributed by atoms with Crippen LogP contribution in [0.4, 0.5) is 5.69 Å². The van der Waals surface area contributed by atoms with Crippen molar-refractivity contribution >= 4 is 35.0 Å². The van der Waals surface area contributed by atoms with Crippen molar-refractivity contribution in [2.24, 2.45) is 0 Å². The Labute approximate surface area is 197 Å². The number of nitrogens with two attached hydrogens (primary N) is 1. The van der Waals surface area contributed by atoms with E-state index in [9.17, 15) is 4.79 Å². The standard InChI is InChI=1S/C23H28ClN5O2S/c1-14-10-15(2)21(18(24)11-14)26-20(30)13-32-22-28-27-19(29(22)25)12-31-17-8-6-16(7-9-17)23(3,4)5/h6-11H,12-13,25H2,1-5H3,(H,26,30). The largest absolute Gasteiger partial charge is 0.486 e. The number of hydrogen-bond donors (Lipinski definition) is 2. The molecule has 0 radical (unpaired) electrons. The molecule has 0 aliphatic rings. The molecular weight excluding hydrogens is 446 g/mol. The summed E-state index contributed by atoms with van der Waals surface area (Å²) in [7, 11) is 0. The molecule has 1 amide bonds. The highest BCUT2D eigenvalue weighted by Gasteiger charge is 2.16. The molecule has 3 N–H and O–H groups in total. The van der Waals surface area contributed by atoms with Crippen LogP contribution < -0.4 is 15.9 Å². The van der Waals surface area contributed by atoms with E-state index in [4.69, 9.17) is 22.2 Å². The van der Waals surface area contributed by atoms with E-state index >= 15 is 0 Å². The second kappa shape index (κ2) is 9.83. The third-order valence-electron chi connectivity index (χ3n) is 4.85. The van der Waals surface area contributed by atoms with Crippen molar-refractivity contribution in [3.8, 4) is 5.75 Å². The number of aryl methyl sites for hydroxylation is 2. The number of nitrogen functional groups attached to an aromatic ring is 1. The molecule has 0 unspecified atom stereocenters. The van der Waals surface area contributed by atoms with Gasteiger partial charge in [0.2, 0.25) is 11.1 Å². The van der Waals surface area contributed by atoms with Gasteiger partial charge in [0.15, 0.2) is 5.82 Å². The van der Waals surface area contributed by atoms with Gasteiger partial charge in [-0.15, -0.1) is 10.2 Å². The molecule has 0 atom stereocenters. The van der Waals surface area contributed by atoms with Gasteiger partial charge in [-0.1, -0.05) is 62.3 Å². The van der Waals surface area contributed by atoms with Gasteiger partial charge in [-0.25, -0.2) is 4.68 Å². The summed E-state index contributed by atoms with van der Waals surface area (Å²) >= 11 is 7.45. The minimum Gasteiger partial charge on any atom is -0.486 e. The molecule has 0 bridgehead atoms. The normalized spacial score (nSPS) is 11.4. The van der Waals surface area contributed by atoms with Gasteiger partial charge in [-0.05, 0) is 54.2 Å². The second-order valence-corrected chi connectivity index (χ2v) is 9.96. The Morgan fingerprint density at radius 1 is 1.19 bits per heavy atom. The van der Waals surface area contributed by atoms with Crippen LogP contribution in [0.1, 0.15) is 43.3 Å². The summed E-state index contributed by atoms with van der Waals surface area (Å²) < 4.78 is 7.13. The maximum absolute atomic E-state index is 12.4. The number of hydrogen-bond acceptors (Lipinski definition) is 6. The molecular formula is C23H28ClN5O2S. The zero-order valence-electron chi connectivity index (χ0n) is 18.9. The van der Waals surface area contributed by atoms with Gasteiger partial charge in [0.25, 0.3) is 0 Å². The van der Waals surface area contributed by atoms with Crippen molar-refractivity contribution in [1.29, 1.82) is 0 Å². The molecule has 9 heteroatoms. The number of carbonyl (C=O) groups excluding carboxylic acids is 1. The van der Waals surface area contributed by atoms with Crippen LogP contribution in [0, 0.1) is 13.8 Å². The lowest BCUT2D eigenvalue weighted by Gasteiger charge is -2.19. The lowest BCUT2D eigenvalue weighted by atomic mass is 9.87. The van der Waals surface area contributed by atoms with Gasteiger partial charge >= 0.3 is 0 Å². The summed E-state index contributed by atoms with van der Waals surface area (Å²) in [6.07, 6.45) is 0. The molecule has 170 valence electrons. The van der Waals surface area contributed by atoms with Gasteiger partial charge in [0, 0.05) is 0 Å². The van der Waals surface area contributed by atoms with E-state index in [2.05, 4.69) is 36.3 Å². The topological polar surface area (TPSA) is 95.1 Å². The van der Waals surface area contributed by atoms with Crippen LogP contribution in [-0.4, -0.2) is 26.5 Å². The Kier molecular flexibility index (Phi) is 7.36. The lowest BCUT2D eigenvalue weighted by molar-refractivity contribution is -0.113. The molecule has 2 aromatic carbocycles. The molecule has 0 fully saturated rings. The summed E-state index contributed by atoms with van der Waals surface area (Å²) in [5, 5.41) is 11.9. The van der Waals surface area contributed by atoms with Crippen molar-refractivity contribution in [3.63, 3.8) is 0 Å². The van der Waals surface area contributed by atoms with E-state index in [0.717, 1.165) is 16.9 Å². The van der Waals surface area contributed by atoms with Gasteiger partial charge in [-0.2, -0.15) is 0 Å². The van der Waals surface area contributed by atoms with Crippen LogP contribution >= 0.6 is 23.4 Å². The van der Waals surface area contributed by atoms with Crippen molar-refractivity contribution in [3.05, 3.63) is 63.9 Å². The number of ether oxygens (including phenoxy) is 1. The van der Waals surface area contributed by atoms with Crippen LogP contribution in [-0.2, 0) is 16.8 Å². The number of halogens is 1. The van der Waals surface area contributed by atoms with Crippen molar-refractivity contribution < 1.29 is 9.53 Å². The highest BCUT2D eigenvalue weighted by atomic mass is 35.5. The molecule has 1 aromatic heterocycles. The first-order chi connectivity index (χ1) is 15.0. The van der Waals surface area contributed by atoms with Crippen molar-refractivity contribution in [1.82, 2.24) is 14.9 Å². The Morgan fingerprint density at radius 3 is 2.50 bits per heavy atom. The van der Waals surface area contributed by atoms with Crippen LogP contribution in [0.25, 0.3) is 0 Å². The number of anilines is 1. The van der Waals surface area contributed by atoms with Crippen LogP contribution in [0.2, 0.25) is 5.02 Å². The zero-order chi connectivity index (χ0) is 23.5. The van der Waals surface area contributed by atoms with E-state index in [1.807, 2.05) is 50.2 Å². The van der Waals surface area contributed by atoms with E-state index in [0.29, 0.717) is 21.7 Å². The molecule has 3 aromatic rings. The number of amides is 1. The Hall–Kier alpha value is -2.71. The summed E-state index contributed by atoms with van der Waals surface area (Å²) in [6.45, 7) is 10.5. The number of aromatic nitrogens is 3. The molecule has 0 aliphatic heterocycles. The quantitative estimate of drug-likeness (QED) is 0.375.